The highest BCUT2D eigenvalue weighted by Crippen LogP contribution is 2.28. The first-order chi connectivity index (χ1) is 18.1. The summed E-state index contributed by atoms with van der Waals surface area (Å²) >= 11 is 0. The largest absolute Gasteiger partial charge is 0.480 e. The number of nitrogens with zero attached hydrogens (tertiary/aromatic N) is 3. The molecule has 2 heterocycles. The van der Waals surface area contributed by atoms with Crippen molar-refractivity contribution in [3.63, 3.8) is 0 Å². The van der Waals surface area contributed by atoms with Crippen LogP contribution < -0.4 is 0 Å². The third-order valence-corrected chi connectivity index (χ3v) is 6.94. The topological polar surface area (TPSA) is 65.8 Å². The van der Waals surface area contributed by atoms with Crippen LogP contribution in [-0.4, -0.2) is 57.0 Å². The SMILES string of the molecule is Cl.O=C(O)Cn1ccc(C(=O)N2CCN(Cc3ccccc3)C[C@H]2Cc2ccccc2)c1-c1ccccc1. The predicted octanol–water partition coefficient (Wildman–Crippen LogP) is 5.23. The van der Waals surface area contributed by atoms with Crippen molar-refractivity contribution in [3.05, 3.63) is 120 Å². The maximum Gasteiger partial charge on any atom is 0.323 e. The minimum absolute atomic E-state index is 0. The number of carboxylic acids is 1. The number of hydrogen-bond acceptors (Lipinski definition) is 3. The summed E-state index contributed by atoms with van der Waals surface area (Å²) in [5.74, 6) is -0.994. The summed E-state index contributed by atoms with van der Waals surface area (Å²) in [7, 11) is 0. The Bertz CT molecular complexity index is 1340. The third kappa shape index (κ3) is 6.33. The fourth-order valence-corrected chi connectivity index (χ4v) is 5.23. The average Bonchev–Trinajstić information content (AvgIpc) is 3.33. The molecule has 1 aliphatic heterocycles. The normalized spacial score (nSPS) is 15.6. The van der Waals surface area contributed by atoms with Gasteiger partial charge in [-0.25, -0.2) is 0 Å². The molecule has 1 amide bonds. The van der Waals surface area contributed by atoms with Crippen LogP contribution in [0.5, 0.6) is 0 Å². The highest BCUT2D eigenvalue weighted by Gasteiger charge is 2.33. The van der Waals surface area contributed by atoms with Gasteiger partial charge in [-0.1, -0.05) is 91.0 Å². The molecule has 0 unspecified atom stereocenters. The van der Waals surface area contributed by atoms with E-state index in [-0.39, 0.29) is 30.9 Å². The Balaban J connectivity index is 0.00000336. The number of rotatable bonds is 8. The standard InChI is InChI=1S/C31H31N3O3.ClH/c35-29(36)23-33-17-16-28(30(33)26-14-8-3-9-15-26)31(37)34-19-18-32(21-25-12-6-2-7-13-25)22-27(34)20-24-10-4-1-5-11-24;/h1-17,27H,18-23H2,(H,35,36);1H/t27-;/m1./s1. The van der Waals surface area contributed by atoms with E-state index in [0.29, 0.717) is 17.8 Å². The number of carbonyl (C=O) groups excluding carboxylic acids is 1. The Morgan fingerprint density at radius 2 is 1.39 bits per heavy atom. The summed E-state index contributed by atoms with van der Waals surface area (Å²) in [6.45, 7) is 2.81. The van der Waals surface area contributed by atoms with Gasteiger partial charge in [0, 0.05) is 38.4 Å². The molecule has 3 aromatic carbocycles. The van der Waals surface area contributed by atoms with E-state index >= 15 is 0 Å². The van der Waals surface area contributed by atoms with Crippen LogP contribution >= 0.6 is 12.4 Å². The molecular weight excluding hydrogens is 498 g/mol. The van der Waals surface area contributed by atoms with Crippen molar-refractivity contribution in [2.24, 2.45) is 0 Å². The molecule has 1 aromatic heterocycles. The Morgan fingerprint density at radius 3 is 2.03 bits per heavy atom. The van der Waals surface area contributed by atoms with Crippen molar-refractivity contribution < 1.29 is 14.7 Å². The number of carbonyl (C=O) groups is 2. The van der Waals surface area contributed by atoms with E-state index in [1.165, 1.54) is 11.1 Å². The van der Waals surface area contributed by atoms with Crippen molar-refractivity contribution in [2.75, 3.05) is 19.6 Å². The van der Waals surface area contributed by atoms with Crippen LogP contribution in [0.1, 0.15) is 21.5 Å². The summed E-state index contributed by atoms with van der Waals surface area (Å²) in [5.41, 5.74) is 4.48. The Kier molecular flexibility index (Phi) is 9.00. The lowest BCUT2D eigenvalue weighted by Gasteiger charge is -2.42. The second kappa shape index (κ2) is 12.6. The van der Waals surface area contributed by atoms with E-state index in [2.05, 4.69) is 41.3 Å². The molecule has 196 valence electrons. The maximum atomic E-state index is 14.1. The number of benzene rings is 3. The third-order valence-electron chi connectivity index (χ3n) is 6.94. The van der Waals surface area contributed by atoms with Gasteiger partial charge in [-0.3, -0.25) is 14.5 Å². The summed E-state index contributed by atoms with van der Waals surface area (Å²) < 4.78 is 1.66. The van der Waals surface area contributed by atoms with Crippen LogP contribution in [0.4, 0.5) is 0 Å². The van der Waals surface area contributed by atoms with Gasteiger partial charge in [0.25, 0.3) is 5.91 Å². The molecule has 1 fully saturated rings. The number of aliphatic carboxylic acids is 1. The number of piperazine rings is 1. The van der Waals surface area contributed by atoms with Gasteiger partial charge < -0.3 is 14.6 Å². The molecule has 5 rings (SSSR count). The Morgan fingerprint density at radius 1 is 0.789 bits per heavy atom. The summed E-state index contributed by atoms with van der Waals surface area (Å²) in [6, 6.07) is 32.0. The number of aromatic nitrogens is 1. The van der Waals surface area contributed by atoms with E-state index in [9.17, 15) is 14.7 Å². The van der Waals surface area contributed by atoms with Crippen LogP contribution in [0.15, 0.2) is 103 Å². The van der Waals surface area contributed by atoms with Gasteiger partial charge in [0.1, 0.15) is 6.54 Å². The monoisotopic (exact) mass is 529 g/mol. The lowest BCUT2D eigenvalue weighted by atomic mass is 9.99. The maximum absolute atomic E-state index is 14.1. The first-order valence-electron chi connectivity index (χ1n) is 12.7. The summed E-state index contributed by atoms with van der Waals surface area (Å²) in [5, 5.41) is 9.47. The van der Waals surface area contributed by atoms with Crippen LogP contribution in [0.2, 0.25) is 0 Å². The second-order valence-electron chi connectivity index (χ2n) is 9.53. The lowest BCUT2D eigenvalue weighted by molar-refractivity contribution is -0.137. The van der Waals surface area contributed by atoms with E-state index in [0.717, 1.165) is 31.6 Å². The lowest BCUT2D eigenvalue weighted by Crippen LogP contribution is -2.55. The van der Waals surface area contributed by atoms with Gasteiger partial charge in [-0.15, -0.1) is 12.4 Å². The van der Waals surface area contributed by atoms with E-state index in [1.54, 1.807) is 16.8 Å². The number of halogens is 1. The Hall–Kier alpha value is -3.87. The fraction of sp³-hybridized carbons (Fsp3) is 0.226. The molecule has 0 spiro atoms. The van der Waals surface area contributed by atoms with Gasteiger partial charge in [-0.05, 0) is 29.2 Å². The molecule has 0 bridgehead atoms. The molecule has 1 atom stereocenters. The Labute approximate surface area is 229 Å². The molecule has 38 heavy (non-hydrogen) atoms. The fourth-order valence-electron chi connectivity index (χ4n) is 5.23. The molecule has 1 aliphatic rings. The first kappa shape index (κ1) is 27.2. The van der Waals surface area contributed by atoms with Crippen molar-refractivity contribution in [1.82, 2.24) is 14.4 Å². The minimum atomic E-state index is -0.941. The van der Waals surface area contributed by atoms with Crippen LogP contribution in [-0.2, 0) is 24.3 Å². The molecule has 1 N–H and O–H groups in total. The quantitative estimate of drug-likeness (QED) is 0.339. The molecule has 7 heteroatoms. The van der Waals surface area contributed by atoms with Gasteiger partial charge in [0.2, 0.25) is 0 Å². The molecule has 6 nitrogen and oxygen atoms in total. The van der Waals surface area contributed by atoms with Crippen molar-refractivity contribution in [2.45, 2.75) is 25.6 Å². The van der Waals surface area contributed by atoms with Crippen LogP contribution in [0, 0.1) is 0 Å². The van der Waals surface area contributed by atoms with Crippen molar-refractivity contribution >= 4 is 24.3 Å². The second-order valence-corrected chi connectivity index (χ2v) is 9.53. The minimum Gasteiger partial charge on any atom is -0.480 e. The predicted molar refractivity (Wildman–Crippen MR) is 151 cm³/mol. The van der Waals surface area contributed by atoms with Gasteiger partial charge >= 0.3 is 5.97 Å². The van der Waals surface area contributed by atoms with Crippen molar-refractivity contribution in [1.29, 1.82) is 0 Å². The molecule has 4 aromatic rings. The first-order valence-corrected chi connectivity index (χ1v) is 12.7. The molecule has 0 radical (unpaired) electrons. The smallest absolute Gasteiger partial charge is 0.323 e. The number of amides is 1. The van der Waals surface area contributed by atoms with Gasteiger partial charge in [0.05, 0.1) is 11.3 Å². The van der Waals surface area contributed by atoms with Crippen LogP contribution in [0.25, 0.3) is 11.3 Å². The summed E-state index contributed by atoms with van der Waals surface area (Å²) in [4.78, 5) is 30.1. The molecule has 0 aliphatic carbocycles. The van der Waals surface area contributed by atoms with Crippen LogP contribution in [0.3, 0.4) is 0 Å². The zero-order chi connectivity index (χ0) is 25.6. The van der Waals surface area contributed by atoms with E-state index in [1.807, 2.05) is 59.5 Å². The number of carboxylic acid groups (broad SMARTS) is 1. The van der Waals surface area contributed by atoms with E-state index in [4.69, 9.17) is 0 Å². The highest BCUT2D eigenvalue weighted by atomic mass is 35.5. The molecule has 0 saturated carbocycles. The molecular formula is C31H32ClN3O3. The zero-order valence-corrected chi connectivity index (χ0v) is 22.0. The summed E-state index contributed by atoms with van der Waals surface area (Å²) in [6.07, 6.45) is 2.47. The van der Waals surface area contributed by atoms with Gasteiger partial charge in [0.15, 0.2) is 0 Å². The molecule has 1 saturated heterocycles. The van der Waals surface area contributed by atoms with Gasteiger partial charge in [-0.2, -0.15) is 0 Å². The highest BCUT2D eigenvalue weighted by molar-refractivity contribution is 6.00. The zero-order valence-electron chi connectivity index (χ0n) is 21.1. The van der Waals surface area contributed by atoms with E-state index < -0.39 is 5.97 Å². The average molecular weight is 530 g/mol. The van der Waals surface area contributed by atoms with Crippen molar-refractivity contribution in [3.8, 4) is 11.3 Å². The number of hydrogen-bond donors (Lipinski definition) is 1.